The molecule has 5 heteroatoms. The number of nitrogens with zero attached hydrogens (tertiary/aromatic N) is 2. The number of rotatable bonds is 3. The lowest BCUT2D eigenvalue weighted by molar-refractivity contribution is 0.245. The predicted octanol–water partition coefficient (Wildman–Crippen LogP) is 1.53. The molecule has 0 aromatic heterocycles. The number of nitrogens with two attached hydrogens (primary N) is 1. The maximum Gasteiger partial charge on any atom is 0.312 e. The third-order valence-corrected chi connectivity index (χ3v) is 2.34. The predicted molar refractivity (Wildman–Crippen MR) is 76.7 cm³/mol. The molecule has 1 aliphatic heterocycles. The fourth-order valence-corrected chi connectivity index (χ4v) is 1.53. The van der Waals surface area contributed by atoms with Gasteiger partial charge in [0, 0.05) is 25.0 Å². The van der Waals surface area contributed by atoms with Gasteiger partial charge in [-0.2, -0.15) is 0 Å². The van der Waals surface area contributed by atoms with E-state index in [2.05, 4.69) is 15.2 Å². The van der Waals surface area contributed by atoms with Gasteiger partial charge < -0.3 is 16.0 Å². The molecule has 1 saturated heterocycles. The Morgan fingerprint density at radius 3 is 2.61 bits per heavy atom. The minimum Gasteiger partial charge on any atom is -0.352 e. The molecule has 0 aliphatic carbocycles. The quantitative estimate of drug-likeness (QED) is 0.748. The Kier molecular flexibility index (Phi) is 9.58. The van der Waals surface area contributed by atoms with Gasteiger partial charge in [-0.1, -0.05) is 12.2 Å². The number of hydrogen-bond acceptors (Lipinski definition) is 3. The van der Waals surface area contributed by atoms with E-state index in [4.69, 9.17) is 5.73 Å². The van der Waals surface area contributed by atoms with Gasteiger partial charge in [0.25, 0.3) is 0 Å². The zero-order chi connectivity index (χ0) is 13.8. The number of likely N-dealkylation sites (tertiary alicyclic amines) is 1. The van der Waals surface area contributed by atoms with Crippen LogP contribution < -0.4 is 11.1 Å². The van der Waals surface area contributed by atoms with Crippen LogP contribution in [-0.2, 0) is 0 Å². The topological polar surface area (TPSA) is 70.7 Å². The molecule has 1 fully saturated rings. The number of urea groups is 1. The number of hydrogen-bond donors (Lipinski definition) is 2. The molecule has 5 nitrogen and oxygen atoms in total. The summed E-state index contributed by atoms with van der Waals surface area (Å²) >= 11 is 0. The van der Waals surface area contributed by atoms with Crippen molar-refractivity contribution in [2.24, 2.45) is 10.7 Å². The second kappa shape index (κ2) is 10.5. The average Bonchev–Trinajstić information content (AvgIpc) is 2.70. The summed E-state index contributed by atoms with van der Waals surface area (Å²) in [5, 5.41) is 2.67. The standard InChI is InChI=1S/C7H11N.C6H13N3O/c1-3-5-7-8-6-4-2;1-9-3-2-5(4-9)8-6(7)10/h3-7H,1-2H3;5H,2-4H2,1H3,(H3,7,8,10)/b5-3-,6-4+,8-7-;/t;5-/m.1/s1. The van der Waals surface area contributed by atoms with Crippen LogP contribution >= 0.6 is 0 Å². The third kappa shape index (κ3) is 9.59. The van der Waals surface area contributed by atoms with Crippen LogP contribution in [0.4, 0.5) is 4.79 Å². The Labute approximate surface area is 109 Å². The summed E-state index contributed by atoms with van der Waals surface area (Å²) in [6.07, 6.45) is 10.2. The van der Waals surface area contributed by atoms with Crippen LogP contribution in [0.1, 0.15) is 20.3 Å². The van der Waals surface area contributed by atoms with Gasteiger partial charge in [-0.15, -0.1) is 0 Å². The van der Waals surface area contributed by atoms with Gasteiger partial charge in [0.1, 0.15) is 0 Å². The minimum absolute atomic E-state index is 0.266. The zero-order valence-electron chi connectivity index (χ0n) is 11.5. The summed E-state index contributed by atoms with van der Waals surface area (Å²) in [6.45, 7) is 5.86. The molecule has 0 bridgehead atoms. The monoisotopic (exact) mass is 252 g/mol. The summed E-state index contributed by atoms with van der Waals surface area (Å²) in [5.74, 6) is 0. The van der Waals surface area contributed by atoms with Gasteiger partial charge in [0.15, 0.2) is 0 Å². The number of carbonyl (C=O) groups excluding carboxylic acids is 1. The Balaban J connectivity index is 0.000000331. The molecule has 0 aromatic carbocycles. The smallest absolute Gasteiger partial charge is 0.312 e. The Morgan fingerprint density at radius 2 is 2.17 bits per heavy atom. The van der Waals surface area contributed by atoms with E-state index in [1.54, 1.807) is 12.4 Å². The first-order valence-corrected chi connectivity index (χ1v) is 6.10. The van der Waals surface area contributed by atoms with Crippen LogP contribution in [0.15, 0.2) is 29.4 Å². The van der Waals surface area contributed by atoms with Gasteiger partial charge in [0.2, 0.25) is 0 Å². The van der Waals surface area contributed by atoms with Gasteiger partial charge >= 0.3 is 6.03 Å². The van der Waals surface area contributed by atoms with Crippen molar-refractivity contribution in [3.05, 3.63) is 24.4 Å². The molecule has 102 valence electrons. The molecule has 1 aliphatic rings. The summed E-state index contributed by atoms with van der Waals surface area (Å²) < 4.78 is 0. The average molecular weight is 252 g/mol. The number of primary amides is 1. The first kappa shape index (κ1) is 16.4. The van der Waals surface area contributed by atoms with Gasteiger partial charge in [-0.3, -0.25) is 4.99 Å². The zero-order valence-corrected chi connectivity index (χ0v) is 11.5. The molecule has 1 atom stereocenters. The lowest BCUT2D eigenvalue weighted by Crippen LogP contribution is -2.39. The van der Waals surface area contributed by atoms with Crippen molar-refractivity contribution in [2.75, 3.05) is 20.1 Å². The maximum absolute atomic E-state index is 10.4. The third-order valence-electron chi connectivity index (χ3n) is 2.34. The number of amides is 2. The van der Waals surface area contributed by atoms with Crippen LogP contribution in [0.25, 0.3) is 0 Å². The van der Waals surface area contributed by atoms with Gasteiger partial charge in [0.05, 0.1) is 0 Å². The van der Waals surface area contributed by atoms with Crippen molar-refractivity contribution in [3.8, 4) is 0 Å². The maximum atomic E-state index is 10.4. The van der Waals surface area contributed by atoms with Gasteiger partial charge in [-0.25, -0.2) is 4.79 Å². The molecule has 1 heterocycles. The molecule has 0 radical (unpaired) electrons. The summed E-state index contributed by atoms with van der Waals surface area (Å²) in [6, 6.07) is -0.150. The van der Waals surface area contributed by atoms with E-state index in [1.807, 2.05) is 39.1 Å². The molecule has 1 rings (SSSR count). The largest absolute Gasteiger partial charge is 0.352 e. The van der Waals surface area contributed by atoms with Gasteiger partial charge in [-0.05, 0) is 39.9 Å². The molecule has 2 amide bonds. The lowest BCUT2D eigenvalue weighted by atomic mass is 10.3. The van der Waals surface area contributed by atoms with E-state index in [0.717, 1.165) is 19.5 Å². The molecule has 0 aromatic rings. The van der Waals surface area contributed by atoms with E-state index in [1.165, 1.54) is 0 Å². The first-order valence-electron chi connectivity index (χ1n) is 6.10. The van der Waals surface area contributed by atoms with E-state index in [0.29, 0.717) is 0 Å². The number of allylic oxidation sites excluding steroid dienone is 3. The fraction of sp³-hybridized carbons (Fsp3) is 0.538. The Bertz CT molecular complexity index is 296. The minimum atomic E-state index is -0.416. The number of nitrogens with one attached hydrogen (secondary N) is 1. The highest BCUT2D eigenvalue weighted by Crippen LogP contribution is 2.04. The summed E-state index contributed by atoms with van der Waals surface area (Å²) in [7, 11) is 2.03. The highest BCUT2D eigenvalue weighted by Gasteiger charge is 2.19. The van der Waals surface area contributed by atoms with Crippen molar-refractivity contribution in [1.82, 2.24) is 10.2 Å². The van der Waals surface area contributed by atoms with Crippen LogP contribution in [0.5, 0.6) is 0 Å². The van der Waals surface area contributed by atoms with Crippen LogP contribution in [0.3, 0.4) is 0 Å². The molecular formula is C13H24N4O. The van der Waals surface area contributed by atoms with Crippen LogP contribution in [0, 0.1) is 0 Å². The number of carbonyl (C=O) groups is 1. The Morgan fingerprint density at radius 1 is 1.44 bits per heavy atom. The van der Waals surface area contributed by atoms with Crippen molar-refractivity contribution in [2.45, 2.75) is 26.3 Å². The fourth-order valence-electron chi connectivity index (χ4n) is 1.53. The molecule has 0 unspecified atom stereocenters. The summed E-state index contributed by atoms with van der Waals surface area (Å²) in [4.78, 5) is 16.4. The molecule has 0 spiro atoms. The van der Waals surface area contributed by atoms with Crippen molar-refractivity contribution in [1.29, 1.82) is 0 Å². The van der Waals surface area contributed by atoms with Crippen molar-refractivity contribution in [3.63, 3.8) is 0 Å². The second-order valence-electron chi connectivity index (χ2n) is 4.06. The normalized spacial score (nSPS) is 20.5. The number of aliphatic imine (C=N–C) groups is 1. The molecule has 0 saturated carbocycles. The highest BCUT2D eigenvalue weighted by atomic mass is 16.2. The molecule has 18 heavy (non-hydrogen) atoms. The van der Waals surface area contributed by atoms with E-state index < -0.39 is 6.03 Å². The molecule has 3 N–H and O–H groups in total. The second-order valence-corrected chi connectivity index (χ2v) is 4.06. The van der Waals surface area contributed by atoms with Crippen molar-refractivity contribution >= 4 is 12.2 Å². The summed E-state index contributed by atoms with van der Waals surface area (Å²) in [5.41, 5.74) is 4.95. The van der Waals surface area contributed by atoms with Crippen LogP contribution in [-0.4, -0.2) is 43.3 Å². The van der Waals surface area contributed by atoms with Crippen molar-refractivity contribution < 1.29 is 4.79 Å². The lowest BCUT2D eigenvalue weighted by Gasteiger charge is -2.09. The van der Waals surface area contributed by atoms with Crippen LogP contribution in [0.2, 0.25) is 0 Å². The van der Waals surface area contributed by atoms with E-state index in [9.17, 15) is 4.79 Å². The highest BCUT2D eigenvalue weighted by molar-refractivity contribution is 5.72. The molecular weight excluding hydrogens is 228 g/mol. The SMILES string of the molecule is CN1CC[C@@H](NC(N)=O)C1.C\C=C/C=N\C=C\C. The van der Waals surface area contributed by atoms with E-state index in [-0.39, 0.29) is 6.04 Å². The Hall–Kier alpha value is -1.62. The first-order chi connectivity index (χ1) is 8.60. The van der Waals surface area contributed by atoms with E-state index >= 15 is 0 Å². The number of likely N-dealkylation sites (N-methyl/N-ethyl adjacent to an activating group) is 1.